The molecule has 4 nitrogen and oxygen atoms in total. The first-order valence-corrected chi connectivity index (χ1v) is 9.19. The van der Waals surface area contributed by atoms with Gasteiger partial charge < -0.3 is 10.6 Å². The number of benzene rings is 2. The largest absolute Gasteiger partial charge is 0.332 e. The number of nitrogens with zero attached hydrogens (tertiary/aromatic N) is 2. The topological polar surface area (TPSA) is 41.9 Å². The molecule has 0 fully saturated rings. The van der Waals surface area contributed by atoms with Gasteiger partial charge >= 0.3 is 0 Å². The molecule has 3 aromatic rings. The van der Waals surface area contributed by atoms with E-state index in [1.807, 2.05) is 42.1 Å². The SMILES string of the molecule is Cc1ccc(NC(=S)Nc2cnn(Cc3ccc(Cl)c(Cl)c3)c2)c(C)c1. The number of aryl methyl sites for hydroxylation is 2. The molecule has 2 N–H and O–H groups in total. The van der Waals surface area contributed by atoms with Crippen LogP contribution in [0.25, 0.3) is 0 Å². The molecule has 0 aliphatic carbocycles. The van der Waals surface area contributed by atoms with E-state index < -0.39 is 0 Å². The van der Waals surface area contributed by atoms with Gasteiger partial charge in [-0.15, -0.1) is 0 Å². The maximum absolute atomic E-state index is 6.05. The van der Waals surface area contributed by atoms with Crippen molar-refractivity contribution in [2.45, 2.75) is 20.4 Å². The Kier molecular flexibility index (Phi) is 5.81. The molecule has 1 heterocycles. The second-order valence-corrected chi connectivity index (χ2v) is 7.30. The molecule has 134 valence electrons. The molecule has 2 aromatic carbocycles. The minimum absolute atomic E-state index is 0.519. The fourth-order valence-corrected chi connectivity index (χ4v) is 3.13. The Bertz CT molecular complexity index is 952. The maximum atomic E-state index is 6.05. The van der Waals surface area contributed by atoms with Crippen LogP contribution in [0.1, 0.15) is 16.7 Å². The van der Waals surface area contributed by atoms with Gasteiger partial charge in [-0.1, -0.05) is 47.0 Å². The first kappa shape index (κ1) is 18.7. The summed E-state index contributed by atoms with van der Waals surface area (Å²) in [4.78, 5) is 0. The Morgan fingerprint density at radius 2 is 1.88 bits per heavy atom. The van der Waals surface area contributed by atoms with Crippen LogP contribution in [0.15, 0.2) is 48.8 Å². The molecule has 0 saturated heterocycles. The predicted molar refractivity (Wildman–Crippen MR) is 114 cm³/mol. The van der Waals surface area contributed by atoms with Gasteiger partial charge in [-0.05, 0) is 55.4 Å². The van der Waals surface area contributed by atoms with Crippen molar-refractivity contribution in [1.82, 2.24) is 9.78 Å². The fraction of sp³-hybridized carbons (Fsp3) is 0.158. The van der Waals surface area contributed by atoms with E-state index in [-0.39, 0.29) is 0 Å². The van der Waals surface area contributed by atoms with Crippen LogP contribution >= 0.6 is 35.4 Å². The molecule has 0 aliphatic heterocycles. The molecule has 0 saturated carbocycles. The van der Waals surface area contributed by atoms with Gasteiger partial charge in [-0.2, -0.15) is 5.10 Å². The monoisotopic (exact) mass is 404 g/mol. The third kappa shape index (κ3) is 4.75. The summed E-state index contributed by atoms with van der Waals surface area (Å²) in [6.45, 7) is 4.71. The minimum Gasteiger partial charge on any atom is -0.332 e. The Morgan fingerprint density at radius 3 is 2.62 bits per heavy atom. The quantitative estimate of drug-likeness (QED) is 0.550. The zero-order valence-electron chi connectivity index (χ0n) is 14.4. The van der Waals surface area contributed by atoms with Crippen molar-refractivity contribution < 1.29 is 0 Å². The summed E-state index contributed by atoms with van der Waals surface area (Å²) in [5, 5.41) is 12.3. The normalized spacial score (nSPS) is 10.6. The summed E-state index contributed by atoms with van der Waals surface area (Å²) in [7, 11) is 0. The van der Waals surface area contributed by atoms with Gasteiger partial charge in [0, 0.05) is 11.9 Å². The van der Waals surface area contributed by atoms with Crippen molar-refractivity contribution in [1.29, 1.82) is 0 Å². The van der Waals surface area contributed by atoms with Crippen molar-refractivity contribution in [2.75, 3.05) is 10.6 Å². The Morgan fingerprint density at radius 1 is 1.08 bits per heavy atom. The van der Waals surface area contributed by atoms with Crippen LogP contribution in [0, 0.1) is 13.8 Å². The number of halogens is 2. The lowest BCUT2D eigenvalue weighted by Crippen LogP contribution is -2.19. The highest BCUT2D eigenvalue weighted by molar-refractivity contribution is 7.80. The molecule has 7 heteroatoms. The highest BCUT2D eigenvalue weighted by Gasteiger charge is 2.06. The van der Waals surface area contributed by atoms with Crippen LogP contribution in [0.5, 0.6) is 0 Å². The van der Waals surface area contributed by atoms with Crippen LogP contribution in [0.3, 0.4) is 0 Å². The van der Waals surface area contributed by atoms with Crippen LogP contribution in [0.4, 0.5) is 11.4 Å². The molecule has 0 amide bonds. The zero-order chi connectivity index (χ0) is 18.7. The van der Waals surface area contributed by atoms with Crippen molar-refractivity contribution in [3.63, 3.8) is 0 Å². The summed E-state index contributed by atoms with van der Waals surface area (Å²) >= 11 is 17.4. The van der Waals surface area contributed by atoms with Gasteiger partial charge in [-0.25, -0.2) is 0 Å². The number of rotatable bonds is 4. The number of thiocarbonyl (C=S) groups is 1. The lowest BCUT2D eigenvalue weighted by Gasteiger charge is -2.11. The van der Waals surface area contributed by atoms with E-state index in [1.165, 1.54) is 5.56 Å². The molecule has 0 atom stereocenters. The van der Waals surface area contributed by atoms with Crippen LogP contribution in [-0.2, 0) is 6.54 Å². The summed E-state index contributed by atoms with van der Waals surface area (Å²) in [6.07, 6.45) is 3.62. The average molecular weight is 405 g/mol. The summed E-state index contributed by atoms with van der Waals surface area (Å²) in [5.41, 5.74) is 5.17. The minimum atomic E-state index is 0.519. The van der Waals surface area contributed by atoms with E-state index in [0.717, 1.165) is 22.5 Å². The van der Waals surface area contributed by atoms with E-state index in [4.69, 9.17) is 35.4 Å². The van der Waals surface area contributed by atoms with Crippen LogP contribution in [-0.4, -0.2) is 14.9 Å². The number of nitrogens with one attached hydrogen (secondary N) is 2. The molecule has 0 unspecified atom stereocenters. The Hall–Kier alpha value is -2.08. The van der Waals surface area contributed by atoms with Gasteiger partial charge in [0.1, 0.15) is 0 Å². The first-order valence-electron chi connectivity index (χ1n) is 8.02. The number of hydrogen-bond donors (Lipinski definition) is 2. The molecule has 0 radical (unpaired) electrons. The summed E-state index contributed by atoms with van der Waals surface area (Å²) in [6, 6.07) is 11.7. The van der Waals surface area contributed by atoms with Gasteiger partial charge in [0.25, 0.3) is 0 Å². The lowest BCUT2D eigenvalue weighted by atomic mass is 10.1. The summed E-state index contributed by atoms with van der Waals surface area (Å²) < 4.78 is 1.81. The fourth-order valence-electron chi connectivity index (χ4n) is 2.58. The number of hydrogen-bond acceptors (Lipinski definition) is 2. The second kappa shape index (κ2) is 8.08. The molecule has 0 spiro atoms. The smallest absolute Gasteiger partial charge is 0.175 e. The van der Waals surface area contributed by atoms with E-state index in [0.29, 0.717) is 21.7 Å². The third-order valence-electron chi connectivity index (χ3n) is 3.85. The molecule has 26 heavy (non-hydrogen) atoms. The average Bonchev–Trinajstić information content (AvgIpc) is 3.00. The Labute approximate surface area is 168 Å². The second-order valence-electron chi connectivity index (χ2n) is 6.07. The van der Waals surface area contributed by atoms with E-state index in [1.54, 1.807) is 12.3 Å². The standard InChI is InChI=1S/C19H18Cl2N4S/c1-12-3-6-18(13(2)7-12)24-19(26)23-15-9-22-25(11-15)10-14-4-5-16(20)17(21)8-14/h3-9,11H,10H2,1-2H3,(H2,23,24,26). The van der Waals surface area contributed by atoms with Crippen LogP contribution < -0.4 is 10.6 Å². The van der Waals surface area contributed by atoms with E-state index >= 15 is 0 Å². The molecular formula is C19H18Cl2N4S. The van der Waals surface area contributed by atoms with E-state index in [2.05, 4.69) is 28.7 Å². The van der Waals surface area contributed by atoms with Crippen LogP contribution in [0.2, 0.25) is 10.0 Å². The van der Waals surface area contributed by atoms with Gasteiger partial charge in [0.05, 0.1) is 28.5 Å². The van der Waals surface area contributed by atoms with Crippen molar-refractivity contribution in [2.24, 2.45) is 0 Å². The molecule has 0 bridgehead atoms. The number of anilines is 2. The van der Waals surface area contributed by atoms with Gasteiger partial charge in [0.2, 0.25) is 0 Å². The molecule has 0 aliphatic rings. The van der Waals surface area contributed by atoms with Crippen molar-refractivity contribution in [3.8, 4) is 0 Å². The Balaban J connectivity index is 1.62. The highest BCUT2D eigenvalue weighted by atomic mass is 35.5. The first-order chi connectivity index (χ1) is 12.4. The molecular weight excluding hydrogens is 387 g/mol. The van der Waals surface area contributed by atoms with Crippen molar-refractivity contribution >= 4 is 51.9 Å². The highest BCUT2D eigenvalue weighted by Crippen LogP contribution is 2.23. The number of aromatic nitrogens is 2. The van der Waals surface area contributed by atoms with Gasteiger partial charge in [-0.3, -0.25) is 4.68 Å². The molecule has 3 rings (SSSR count). The predicted octanol–water partition coefficient (Wildman–Crippen LogP) is 5.66. The zero-order valence-corrected chi connectivity index (χ0v) is 16.7. The lowest BCUT2D eigenvalue weighted by molar-refractivity contribution is 0.687. The molecule has 1 aromatic heterocycles. The third-order valence-corrected chi connectivity index (χ3v) is 4.79. The van der Waals surface area contributed by atoms with Gasteiger partial charge in [0.15, 0.2) is 5.11 Å². The van der Waals surface area contributed by atoms with E-state index in [9.17, 15) is 0 Å². The summed E-state index contributed by atoms with van der Waals surface area (Å²) in [5.74, 6) is 0. The van der Waals surface area contributed by atoms with Crippen molar-refractivity contribution in [3.05, 3.63) is 75.5 Å². The maximum Gasteiger partial charge on any atom is 0.175 e.